The normalized spacial score (nSPS) is 13.6. The zero-order valence-corrected chi connectivity index (χ0v) is 17.4. The van der Waals surface area contributed by atoms with Gasteiger partial charge in [-0.15, -0.1) is 13.2 Å². The molecule has 0 atom stereocenters. The van der Waals surface area contributed by atoms with E-state index in [-0.39, 0.29) is 24.0 Å². The van der Waals surface area contributed by atoms with Crippen LogP contribution in [-0.4, -0.2) is 28.9 Å². The third-order valence-corrected chi connectivity index (χ3v) is 4.86. The SMILES string of the molecule is C=C1NC(=O)c2c(nc(Oc3cccc(OC(F)(F)F)c3)n2Cc2ccc(Cl)cc2)N1C. The quantitative estimate of drug-likeness (QED) is 0.580. The molecule has 0 radical (unpaired) electrons. The molecule has 32 heavy (non-hydrogen) atoms. The maximum Gasteiger partial charge on any atom is 0.573 e. The van der Waals surface area contributed by atoms with Crippen molar-refractivity contribution in [3.63, 3.8) is 0 Å². The van der Waals surface area contributed by atoms with Crippen molar-refractivity contribution in [1.82, 2.24) is 14.9 Å². The summed E-state index contributed by atoms with van der Waals surface area (Å²) in [6.45, 7) is 3.97. The molecular formula is C21H16ClF3N4O3. The average Bonchev–Trinajstić information content (AvgIpc) is 3.05. The molecule has 166 valence electrons. The Hall–Kier alpha value is -3.66. The summed E-state index contributed by atoms with van der Waals surface area (Å²) in [5, 5.41) is 3.19. The number of amides is 1. The van der Waals surface area contributed by atoms with E-state index in [4.69, 9.17) is 16.3 Å². The van der Waals surface area contributed by atoms with Gasteiger partial charge in [0.25, 0.3) is 5.91 Å². The number of carbonyl (C=O) groups excluding carboxylic acids is 1. The van der Waals surface area contributed by atoms with E-state index < -0.39 is 18.0 Å². The van der Waals surface area contributed by atoms with Crippen molar-refractivity contribution in [2.24, 2.45) is 0 Å². The van der Waals surface area contributed by atoms with Crippen LogP contribution in [0.3, 0.4) is 0 Å². The third kappa shape index (κ3) is 4.50. The van der Waals surface area contributed by atoms with Gasteiger partial charge in [0, 0.05) is 18.1 Å². The Morgan fingerprint density at radius 2 is 1.84 bits per heavy atom. The molecule has 4 rings (SSSR count). The Labute approximate surface area is 185 Å². The van der Waals surface area contributed by atoms with Crippen LogP contribution in [0.4, 0.5) is 19.0 Å². The van der Waals surface area contributed by atoms with E-state index in [1.807, 2.05) is 0 Å². The molecule has 0 bridgehead atoms. The third-order valence-electron chi connectivity index (χ3n) is 4.61. The van der Waals surface area contributed by atoms with Crippen LogP contribution in [0, 0.1) is 0 Å². The number of rotatable bonds is 5. The summed E-state index contributed by atoms with van der Waals surface area (Å²) >= 11 is 5.95. The lowest BCUT2D eigenvalue weighted by atomic mass is 10.2. The zero-order valence-electron chi connectivity index (χ0n) is 16.6. The number of nitrogens with one attached hydrogen (secondary N) is 1. The van der Waals surface area contributed by atoms with Gasteiger partial charge in [-0.25, -0.2) is 0 Å². The van der Waals surface area contributed by atoms with Gasteiger partial charge in [-0.3, -0.25) is 9.36 Å². The van der Waals surface area contributed by atoms with E-state index >= 15 is 0 Å². The first-order chi connectivity index (χ1) is 15.1. The standard InChI is InChI=1S/C21H16ClF3N4O3/c1-12-26-19(30)17-18(28(12)2)27-20(29(17)11-13-6-8-14(22)9-7-13)31-15-4-3-5-16(10-15)32-21(23,24)25/h3-10H,1,11H2,2H3,(H,26,30). The molecule has 2 heterocycles. The van der Waals surface area contributed by atoms with E-state index in [2.05, 4.69) is 21.6 Å². The van der Waals surface area contributed by atoms with Crippen LogP contribution in [0.15, 0.2) is 60.9 Å². The molecule has 1 aromatic heterocycles. The molecule has 7 nitrogen and oxygen atoms in total. The Kier molecular flexibility index (Phi) is 5.47. The number of benzene rings is 2. The number of imidazole rings is 1. The van der Waals surface area contributed by atoms with Gasteiger partial charge < -0.3 is 19.7 Å². The molecule has 0 fully saturated rings. The number of hydrogen-bond donors (Lipinski definition) is 1. The van der Waals surface area contributed by atoms with Gasteiger partial charge in [-0.05, 0) is 29.8 Å². The second-order valence-corrected chi connectivity index (χ2v) is 7.30. The van der Waals surface area contributed by atoms with Crippen LogP contribution in [0.1, 0.15) is 16.1 Å². The second-order valence-electron chi connectivity index (χ2n) is 6.86. The Morgan fingerprint density at radius 3 is 2.53 bits per heavy atom. The van der Waals surface area contributed by atoms with Gasteiger partial charge in [-0.2, -0.15) is 4.98 Å². The molecule has 0 aliphatic carbocycles. The maximum atomic E-state index is 12.7. The first kappa shape index (κ1) is 21.6. The molecule has 1 N–H and O–H groups in total. The van der Waals surface area contributed by atoms with E-state index in [0.29, 0.717) is 16.7 Å². The van der Waals surface area contributed by atoms with Crippen molar-refractivity contribution in [1.29, 1.82) is 0 Å². The van der Waals surface area contributed by atoms with Crippen LogP contribution in [0.25, 0.3) is 0 Å². The lowest BCUT2D eigenvalue weighted by Crippen LogP contribution is -2.39. The predicted molar refractivity (Wildman–Crippen MR) is 111 cm³/mol. The van der Waals surface area contributed by atoms with Gasteiger partial charge in [0.2, 0.25) is 0 Å². The van der Waals surface area contributed by atoms with E-state index in [1.54, 1.807) is 36.2 Å². The summed E-state index contributed by atoms with van der Waals surface area (Å²) in [4.78, 5) is 18.7. The topological polar surface area (TPSA) is 68.6 Å². The molecule has 11 heteroatoms. The largest absolute Gasteiger partial charge is 0.573 e. The van der Waals surface area contributed by atoms with Crippen molar-refractivity contribution in [2.75, 3.05) is 11.9 Å². The van der Waals surface area contributed by atoms with Crippen LogP contribution < -0.4 is 19.7 Å². The summed E-state index contributed by atoms with van der Waals surface area (Å²) in [7, 11) is 1.67. The summed E-state index contributed by atoms with van der Waals surface area (Å²) in [5.41, 5.74) is 1.01. The molecule has 0 unspecified atom stereocenters. The lowest BCUT2D eigenvalue weighted by Gasteiger charge is -2.26. The van der Waals surface area contributed by atoms with Gasteiger partial charge in [0.1, 0.15) is 17.3 Å². The molecule has 1 aliphatic rings. The van der Waals surface area contributed by atoms with Crippen LogP contribution in [-0.2, 0) is 6.54 Å². The number of fused-ring (bicyclic) bond motifs is 1. The minimum Gasteiger partial charge on any atom is -0.425 e. The highest BCUT2D eigenvalue weighted by Crippen LogP contribution is 2.34. The van der Waals surface area contributed by atoms with Crippen molar-refractivity contribution in [3.8, 4) is 17.5 Å². The van der Waals surface area contributed by atoms with Crippen molar-refractivity contribution >= 4 is 23.3 Å². The molecule has 2 aromatic carbocycles. The van der Waals surface area contributed by atoms with Gasteiger partial charge in [0.05, 0.1) is 6.54 Å². The number of ether oxygens (including phenoxy) is 2. The Morgan fingerprint density at radius 1 is 1.16 bits per heavy atom. The maximum absolute atomic E-state index is 12.7. The smallest absolute Gasteiger partial charge is 0.425 e. The minimum absolute atomic E-state index is 0.00538. The average molecular weight is 465 g/mol. The highest BCUT2D eigenvalue weighted by molar-refractivity contribution is 6.30. The number of aromatic nitrogens is 2. The fourth-order valence-corrected chi connectivity index (χ4v) is 3.24. The number of carbonyl (C=O) groups is 1. The van der Waals surface area contributed by atoms with E-state index in [1.165, 1.54) is 16.7 Å². The first-order valence-corrected chi connectivity index (χ1v) is 9.61. The number of hydrogen-bond acceptors (Lipinski definition) is 5. The van der Waals surface area contributed by atoms with Gasteiger partial charge in [0.15, 0.2) is 11.5 Å². The molecule has 1 aliphatic heterocycles. The van der Waals surface area contributed by atoms with Gasteiger partial charge >= 0.3 is 12.4 Å². The van der Waals surface area contributed by atoms with E-state index in [0.717, 1.165) is 17.7 Å². The summed E-state index contributed by atoms with van der Waals surface area (Å²) in [6.07, 6.45) is -4.84. The fourth-order valence-electron chi connectivity index (χ4n) is 3.12. The van der Waals surface area contributed by atoms with Crippen molar-refractivity contribution in [3.05, 3.63) is 77.2 Å². The Bertz CT molecular complexity index is 1190. The van der Waals surface area contributed by atoms with E-state index in [9.17, 15) is 18.0 Å². The highest BCUT2D eigenvalue weighted by atomic mass is 35.5. The number of nitrogens with zero attached hydrogens (tertiary/aromatic N) is 3. The lowest BCUT2D eigenvalue weighted by molar-refractivity contribution is -0.274. The number of alkyl halides is 3. The number of anilines is 1. The molecule has 0 saturated heterocycles. The molecule has 1 amide bonds. The number of halogens is 4. The zero-order chi connectivity index (χ0) is 23.0. The fraction of sp³-hybridized carbons (Fsp3) is 0.143. The summed E-state index contributed by atoms with van der Waals surface area (Å²) in [5.74, 6) is -0.211. The Balaban J connectivity index is 1.74. The van der Waals surface area contributed by atoms with Crippen molar-refractivity contribution in [2.45, 2.75) is 12.9 Å². The minimum atomic E-state index is -4.84. The molecule has 0 spiro atoms. The van der Waals surface area contributed by atoms with Crippen LogP contribution >= 0.6 is 11.6 Å². The van der Waals surface area contributed by atoms with Crippen LogP contribution in [0.2, 0.25) is 5.02 Å². The van der Waals surface area contributed by atoms with Crippen molar-refractivity contribution < 1.29 is 27.4 Å². The molecular weight excluding hydrogens is 449 g/mol. The monoisotopic (exact) mass is 464 g/mol. The van der Waals surface area contributed by atoms with Gasteiger partial charge in [-0.1, -0.05) is 36.4 Å². The predicted octanol–water partition coefficient (Wildman–Crippen LogP) is 4.93. The molecule has 0 saturated carbocycles. The molecule has 3 aromatic rings. The highest BCUT2D eigenvalue weighted by Gasteiger charge is 2.33. The van der Waals surface area contributed by atoms with Crippen LogP contribution in [0.5, 0.6) is 17.5 Å². The summed E-state index contributed by atoms with van der Waals surface area (Å²) < 4.78 is 48.9. The first-order valence-electron chi connectivity index (χ1n) is 9.23. The summed E-state index contributed by atoms with van der Waals surface area (Å²) in [6, 6.07) is 12.0. The second kappa shape index (κ2) is 8.12.